The topological polar surface area (TPSA) is 37.2 Å². The van der Waals surface area contributed by atoms with Crippen LogP contribution in [0.4, 0.5) is 5.69 Å². The van der Waals surface area contributed by atoms with E-state index in [1.807, 2.05) is 6.33 Å². The van der Waals surface area contributed by atoms with Crippen LogP contribution in [0, 0.1) is 5.92 Å². The summed E-state index contributed by atoms with van der Waals surface area (Å²) in [5.41, 5.74) is 3.32. The van der Waals surface area contributed by atoms with Crippen LogP contribution in [0.3, 0.4) is 0 Å². The van der Waals surface area contributed by atoms with Gasteiger partial charge in [-0.25, -0.2) is 0 Å². The summed E-state index contributed by atoms with van der Waals surface area (Å²) in [7, 11) is 0. The Labute approximate surface area is 136 Å². The monoisotopic (exact) mass is 309 g/mol. The van der Waals surface area contributed by atoms with Crippen molar-refractivity contribution in [2.75, 3.05) is 31.1 Å². The van der Waals surface area contributed by atoms with Gasteiger partial charge in [0.2, 0.25) is 0 Å². The van der Waals surface area contributed by atoms with E-state index in [0.29, 0.717) is 5.41 Å². The summed E-state index contributed by atoms with van der Waals surface area (Å²) in [6.07, 6.45) is 3.22. The van der Waals surface area contributed by atoms with Gasteiger partial charge in [0.05, 0.1) is 6.54 Å². The van der Waals surface area contributed by atoms with E-state index in [0.717, 1.165) is 31.4 Å². The Hall–Kier alpha value is -1.88. The third-order valence-corrected chi connectivity index (χ3v) is 6.11. The Bertz CT molecular complexity index is 721. The summed E-state index contributed by atoms with van der Waals surface area (Å²) in [6.45, 7) is 8.86. The molecule has 0 N–H and O–H groups in total. The van der Waals surface area contributed by atoms with E-state index < -0.39 is 0 Å². The van der Waals surface area contributed by atoms with E-state index in [4.69, 9.17) is 0 Å². The minimum Gasteiger partial charge on any atom is -0.362 e. The first-order valence-electron chi connectivity index (χ1n) is 8.73. The maximum Gasteiger partial charge on any atom is 0.152 e. The Morgan fingerprint density at radius 2 is 2.09 bits per heavy atom. The molecule has 0 bridgehead atoms. The fourth-order valence-corrected chi connectivity index (χ4v) is 4.57. The normalized spacial score (nSPS) is 29.4. The molecule has 1 saturated heterocycles. The molecule has 0 spiro atoms. The molecular formula is C18H23N5. The van der Waals surface area contributed by atoms with Crippen molar-refractivity contribution in [3.63, 3.8) is 0 Å². The van der Waals surface area contributed by atoms with Gasteiger partial charge in [-0.3, -0.25) is 0 Å². The van der Waals surface area contributed by atoms with Gasteiger partial charge in [-0.1, -0.05) is 19.1 Å². The molecule has 1 aromatic carbocycles. The Morgan fingerprint density at radius 1 is 1.22 bits per heavy atom. The maximum atomic E-state index is 4.21. The highest BCUT2D eigenvalue weighted by Crippen LogP contribution is 2.59. The Kier molecular flexibility index (Phi) is 2.83. The van der Waals surface area contributed by atoms with E-state index in [-0.39, 0.29) is 0 Å². The first-order valence-corrected chi connectivity index (χ1v) is 8.73. The smallest absolute Gasteiger partial charge is 0.152 e. The standard InChI is InChI=1S/C18H23N5/c1-2-21-10-15-9-18(15,12-21)14-3-5-16(6-4-14)22-7-8-23-13-19-20-17(23)11-22/h3-6,13,15H,2,7-12H2,1H3. The largest absolute Gasteiger partial charge is 0.362 e. The summed E-state index contributed by atoms with van der Waals surface area (Å²) in [5.74, 6) is 1.96. The highest BCUT2D eigenvalue weighted by molar-refractivity contribution is 5.51. The molecule has 5 heteroatoms. The first kappa shape index (κ1) is 13.5. The van der Waals surface area contributed by atoms with Crippen molar-refractivity contribution in [3.05, 3.63) is 42.0 Å². The second-order valence-electron chi connectivity index (χ2n) is 7.29. The zero-order chi connectivity index (χ0) is 15.4. The Morgan fingerprint density at radius 3 is 2.87 bits per heavy atom. The van der Waals surface area contributed by atoms with Crippen LogP contribution < -0.4 is 4.90 Å². The van der Waals surface area contributed by atoms with E-state index in [9.17, 15) is 0 Å². The van der Waals surface area contributed by atoms with Crippen LogP contribution in [0.25, 0.3) is 0 Å². The summed E-state index contributed by atoms with van der Waals surface area (Å²) >= 11 is 0. The molecule has 2 fully saturated rings. The van der Waals surface area contributed by atoms with Crippen molar-refractivity contribution in [1.29, 1.82) is 0 Å². The van der Waals surface area contributed by atoms with Crippen LogP contribution in [0.2, 0.25) is 0 Å². The molecule has 5 rings (SSSR count). The predicted molar refractivity (Wildman–Crippen MR) is 89.4 cm³/mol. The number of piperidine rings is 1. The quantitative estimate of drug-likeness (QED) is 0.868. The van der Waals surface area contributed by atoms with Gasteiger partial charge in [0, 0.05) is 37.3 Å². The van der Waals surface area contributed by atoms with Gasteiger partial charge in [0.15, 0.2) is 5.82 Å². The molecule has 0 radical (unpaired) electrons. The van der Waals surface area contributed by atoms with Crippen molar-refractivity contribution in [2.24, 2.45) is 5.92 Å². The molecule has 3 heterocycles. The molecule has 23 heavy (non-hydrogen) atoms. The lowest BCUT2D eigenvalue weighted by atomic mass is 9.94. The van der Waals surface area contributed by atoms with Crippen LogP contribution in [-0.4, -0.2) is 45.8 Å². The second-order valence-corrected chi connectivity index (χ2v) is 7.29. The van der Waals surface area contributed by atoms with Crippen LogP contribution in [0.1, 0.15) is 24.7 Å². The maximum absolute atomic E-state index is 4.21. The average Bonchev–Trinajstić information content (AvgIpc) is 2.98. The van der Waals surface area contributed by atoms with Crippen LogP contribution in [0.15, 0.2) is 30.6 Å². The molecule has 1 aliphatic carbocycles. The molecule has 0 amide bonds. The zero-order valence-corrected chi connectivity index (χ0v) is 13.6. The molecule has 1 saturated carbocycles. The van der Waals surface area contributed by atoms with Gasteiger partial charge in [0.25, 0.3) is 0 Å². The fraction of sp³-hybridized carbons (Fsp3) is 0.556. The van der Waals surface area contributed by atoms with Gasteiger partial charge in [-0.15, -0.1) is 10.2 Å². The molecule has 2 aliphatic heterocycles. The minimum atomic E-state index is 0.469. The van der Waals surface area contributed by atoms with Crippen molar-refractivity contribution in [3.8, 4) is 0 Å². The highest BCUT2D eigenvalue weighted by atomic mass is 15.3. The van der Waals surface area contributed by atoms with E-state index in [1.165, 1.54) is 31.7 Å². The van der Waals surface area contributed by atoms with E-state index in [1.54, 1.807) is 5.56 Å². The van der Waals surface area contributed by atoms with Gasteiger partial charge >= 0.3 is 0 Å². The molecular weight excluding hydrogens is 286 g/mol. The van der Waals surface area contributed by atoms with Gasteiger partial charge in [-0.2, -0.15) is 0 Å². The summed E-state index contributed by atoms with van der Waals surface area (Å²) in [5, 5.41) is 8.22. The van der Waals surface area contributed by atoms with E-state index >= 15 is 0 Å². The highest BCUT2D eigenvalue weighted by Gasteiger charge is 2.60. The number of likely N-dealkylation sites (N-methyl/N-ethyl adjacent to an activating group) is 1. The van der Waals surface area contributed by atoms with Gasteiger partial charge in [-0.05, 0) is 36.6 Å². The number of aromatic nitrogens is 3. The number of benzene rings is 1. The summed E-state index contributed by atoms with van der Waals surface area (Å²) in [4.78, 5) is 5.00. The number of hydrogen-bond acceptors (Lipinski definition) is 4. The van der Waals surface area contributed by atoms with Crippen LogP contribution >= 0.6 is 0 Å². The zero-order valence-electron chi connectivity index (χ0n) is 13.6. The third kappa shape index (κ3) is 2.02. The van der Waals surface area contributed by atoms with Crippen molar-refractivity contribution >= 4 is 5.69 Å². The molecule has 5 nitrogen and oxygen atoms in total. The molecule has 120 valence electrons. The number of hydrogen-bond donors (Lipinski definition) is 0. The summed E-state index contributed by atoms with van der Waals surface area (Å²) < 4.78 is 2.15. The van der Waals surface area contributed by atoms with Crippen molar-refractivity contribution < 1.29 is 0 Å². The second kappa shape index (κ2) is 4.81. The molecule has 2 aromatic rings. The van der Waals surface area contributed by atoms with Crippen molar-refractivity contribution in [2.45, 2.75) is 31.8 Å². The van der Waals surface area contributed by atoms with Crippen LogP contribution in [-0.2, 0) is 18.5 Å². The first-order chi connectivity index (χ1) is 11.3. The Balaban J connectivity index is 1.35. The van der Waals surface area contributed by atoms with E-state index in [2.05, 4.69) is 55.8 Å². The lowest BCUT2D eigenvalue weighted by Gasteiger charge is -2.29. The lowest BCUT2D eigenvalue weighted by Crippen LogP contribution is -2.33. The number of rotatable bonds is 3. The number of anilines is 1. The SMILES string of the molecule is CCN1CC2CC2(c2ccc(N3CCn4cnnc4C3)cc2)C1. The molecule has 2 atom stereocenters. The molecule has 3 aliphatic rings. The van der Waals surface area contributed by atoms with Crippen LogP contribution in [0.5, 0.6) is 0 Å². The fourth-order valence-electron chi connectivity index (χ4n) is 4.57. The lowest BCUT2D eigenvalue weighted by molar-refractivity contribution is 0.314. The third-order valence-electron chi connectivity index (χ3n) is 6.11. The van der Waals surface area contributed by atoms with Gasteiger partial charge in [0.1, 0.15) is 6.33 Å². The molecule has 2 unspecified atom stereocenters. The number of likely N-dealkylation sites (tertiary alicyclic amines) is 1. The number of nitrogens with zero attached hydrogens (tertiary/aromatic N) is 5. The predicted octanol–water partition coefficient (Wildman–Crippen LogP) is 1.89. The van der Waals surface area contributed by atoms with Gasteiger partial charge < -0.3 is 14.4 Å². The molecule has 1 aromatic heterocycles. The average molecular weight is 309 g/mol. The van der Waals surface area contributed by atoms with Crippen molar-refractivity contribution in [1.82, 2.24) is 19.7 Å². The minimum absolute atomic E-state index is 0.469. The number of fused-ring (bicyclic) bond motifs is 2. The summed E-state index contributed by atoms with van der Waals surface area (Å²) in [6, 6.07) is 9.35.